The second-order valence-electron chi connectivity index (χ2n) is 3.23. The third-order valence-electron chi connectivity index (χ3n) is 2.08. The maximum atomic E-state index is 10.9. The molecule has 0 bridgehead atoms. The number of hydrogen-bond acceptors (Lipinski definition) is 2. The highest BCUT2D eigenvalue weighted by Crippen LogP contribution is 2.14. The molecule has 0 aliphatic carbocycles. The Kier molecular flexibility index (Phi) is 3.85. The van der Waals surface area contributed by atoms with Crippen LogP contribution in [0.15, 0.2) is 12.3 Å². The van der Waals surface area contributed by atoms with Gasteiger partial charge in [0.05, 0.1) is 6.26 Å². The summed E-state index contributed by atoms with van der Waals surface area (Å²) < 4.78 is 5.29. The molecule has 0 fully saturated rings. The van der Waals surface area contributed by atoms with E-state index in [1.165, 1.54) is 31.6 Å². The third-order valence-corrected chi connectivity index (χ3v) is 2.08. The standard InChI is InChI=1S/C10H16O2/c1-2-3-4-5-10-8-9(11)6-7-12-10/h6-7,10H,2-5,8H2,1H3. The average Bonchev–Trinajstić information content (AvgIpc) is 2.05. The molecule has 12 heavy (non-hydrogen) atoms. The normalized spacial score (nSPS) is 22.4. The van der Waals surface area contributed by atoms with E-state index in [2.05, 4.69) is 6.92 Å². The molecule has 0 saturated carbocycles. The van der Waals surface area contributed by atoms with E-state index in [-0.39, 0.29) is 11.9 Å². The second kappa shape index (κ2) is 4.96. The molecule has 0 aromatic heterocycles. The molecule has 1 unspecified atom stereocenters. The van der Waals surface area contributed by atoms with Crippen molar-refractivity contribution in [1.82, 2.24) is 0 Å². The Bertz CT molecular complexity index is 173. The van der Waals surface area contributed by atoms with Gasteiger partial charge in [-0.2, -0.15) is 0 Å². The Labute approximate surface area is 73.6 Å². The quantitative estimate of drug-likeness (QED) is 0.603. The first kappa shape index (κ1) is 9.30. The molecule has 0 aromatic carbocycles. The molecular formula is C10H16O2. The van der Waals surface area contributed by atoms with Crippen LogP contribution in [0.5, 0.6) is 0 Å². The Hall–Kier alpha value is -0.790. The molecule has 1 aliphatic rings. The van der Waals surface area contributed by atoms with Gasteiger partial charge < -0.3 is 4.74 Å². The van der Waals surface area contributed by atoms with Gasteiger partial charge in [0.15, 0.2) is 5.78 Å². The third kappa shape index (κ3) is 3.07. The summed E-state index contributed by atoms with van der Waals surface area (Å²) in [6.07, 6.45) is 8.40. The molecule has 0 radical (unpaired) electrons. The van der Waals surface area contributed by atoms with Crippen molar-refractivity contribution >= 4 is 5.78 Å². The van der Waals surface area contributed by atoms with Crippen LogP contribution in [0.4, 0.5) is 0 Å². The Balaban J connectivity index is 2.16. The van der Waals surface area contributed by atoms with Crippen LogP contribution >= 0.6 is 0 Å². The molecule has 1 heterocycles. The monoisotopic (exact) mass is 168 g/mol. The van der Waals surface area contributed by atoms with Crippen molar-refractivity contribution < 1.29 is 9.53 Å². The zero-order valence-electron chi connectivity index (χ0n) is 7.58. The van der Waals surface area contributed by atoms with Gasteiger partial charge >= 0.3 is 0 Å². The molecule has 1 aliphatic heterocycles. The lowest BCUT2D eigenvalue weighted by atomic mass is 10.0. The maximum absolute atomic E-state index is 10.9. The fourth-order valence-electron chi connectivity index (χ4n) is 1.36. The van der Waals surface area contributed by atoms with E-state index in [1.807, 2.05) is 0 Å². The predicted molar refractivity (Wildman–Crippen MR) is 47.8 cm³/mol. The highest BCUT2D eigenvalue weighted by Gasteiger charge is 2.15. The largest absolute Gasteiger partial charge is 0.497 e. The van der Waals surface area contributed by atoms with Crippen molar-refractivity contribution in [3.63, 3.8) is 0 Å². The van der Waals surface area contributed by atoms with E-state index >= 15 is 0 Å². The Morgan fingerprint density at radius 3 is 3.08 bits per heavy atom. The topological polar surface area (TPSA) is 26.3 Å². The minimum Gasteiger partial charge on any atom is -0.497 e. The van der Waals surface area contributed by atoms with E-state index in [1.54, 1.807) is 0 Å². The minimum atomic E-state index is 0.147. The van der Waals surface area contributed by atoms with Crippen molar-refractivity contribution in [2.45, 2.75) is 45.1 Å². The number of allylic oxidation sites excluding steroid dienone is 1. The molecule has 0 amide bonds. The minimum absolute atomic E-state index is 0.147. The first-order chi connectivity index (χ1) is 5.83. The van der Waals surface area contributed by atoms with Crippen molar-refractivity contribution in [3.05, 3.63) is 12.3 Å². The van der Waals surface area contributed by atoms with E-state index in [0.29, 0.717) is 6.42 Å². The van der Waals surface area contributed by atoms with Gasteiger partial charge in [0.2, 0.25) is 0 Å². The Morgan fingerprint density at radius 1 is 1.58 bits per heavy atom. The highest BCUT2D eigenvalue weighted by atomic mass is 16.5. The van der Waals surface area contributed by atoms with Crippen LogP contribution in [-0.2, 0) is 9.53 Å². The lowest BCUT2D eigenvalue weighted by Gasteiger charge is -2.17. The lowest BCUT2D eigenvalue weighted by molar-refractivity contribution is -0.118. The SMILES string of the molecule is CCCCCC1CC(=O)C=CO1. The number of carbonyl (C=O) groups is 1. The van der Waals surface area contributed by atoms with Crippen LogP contribution in [0.3, 0.4) is 0 Å². The first-order valence-corrected chi connectivity index (χ1v) is 4.67. The summed E-state index contributed by atoms with van der Waals surface area (Å²) in [5.74, 6) is 0.197. The smallest absolute Gasteiger partial charge is 0.162 e. The van der Waals surface area contributed by atoms with Crippen LogP contribution in [0.2, 0.25) is 0 Å². The number of hydrogen-bond donors (Lipinski definition) is 0. The maximum Gasteiger partial charge on any atom is 0.162 e. The lowest BCUT2D eigenvalue weighted by Crippen LogP contribution is -2.18. The zero-order chi connectivity index (χ0) is 8.81. The summed E-state index contributed by atoms with van der Waals surface area (Å²) in [5, 5.41) is 0. The highest BCUT2D eigenvalue weighted by molar-refractivity contribution is 5.90. The van der Waals surface area contributed by atoms with E-state index in [0.717, 1.165) is 6.42 Å². The fraction of sp³-hybridized carbons (Fsp3) is 0.700. The van der Waals surface area contributed by atoms with E-state index < -0.39 is 0 Å². The van der Waals surface area contributed by atoms with Gasteiger partial charge in [-0.1, -0.05) is 19.8 Å². The van der Waals surface area contributed by atoms with Gasteiger partial charge in [0.25, 0.3) is 0 Å². The second-order valence-corrected chi connectivity index (χ2v) is 3.23. The molecule has 1 rings (SSSR count). The van der Waals surface area contributed by atoms with E-state index in [9.17, 15) is 4.79 Å². The summed E-state index contributed by atoms with van der Waals surface area (Å²) in [5.41, 5.74) is 0. The van der Waals surface area contributed by atoms with Gasteiger partial charge in [-0.25, -0.2) is 0 Å². The molecule has 0 N–H and O–H groups in total. The molecule has 0 spiro atoms. The first-order valence-electron chi connectivity index (χ1n) is 4.67. The van der Waals surface area contributed by atoms with Crippen LogP contribution < -0.4 is 0 Å². The predicted octanol–water partition coefficient (Wildman–Crippen LogP) is 2.44. The number of ketones is 1. The summed E-state index contributed by atoms with van der Waals surface area (Å²) in [6, 6.07) is 0. The van der Waals surface area contributed by atoms with Crippen molar-refractivity contribution in [1.29, 1.82) is 0 Å². The van der Waals surface area contributed by atoms with Crippen LogP contribution in [0, 0.1) is 0 Å². The van der Waals surface area contributed by atoms with E-state index in [4.69, 9.17) is 4.74 Å². The fourth-order valence-corrected chi connectivity index (χ4v) is 1.36. The van der Waals surface area contributed by atoms with Gasteiger partial charge in [-0.3, -0.25) is 4.79 Å². The van der Waals surface area contributed by atoms with Crippen molar-refractivity contribution in [3.8, 4) is 0 Å². The van der Waals surface area contributed by atoms with Crippen LogP contribution in [-0.4, -0.2) is 11.9 Å². The van der Waals surface area contributed by atoms with Gasteiger partial charge in [0, 0.05) is 12.5 Å². The van der Waals surface area contributed by atoms with Crippen LogP contribution in [0.1, 0.15) is 39.0 Å². The molecule has 0 aromatic rings. The number of unbranched alkanes of at least 4 members (excludes halogenated alkanes) is 2. The molecule has 1 atom stereocenters. The molecular weight excluding hydrogens is 152 g/mol. The molecule has 2 heteroatoms. The average molecular weight is 168 g/mol. The van der Waals surface area contributed by atoms with Crippen molar-refractivity contribution in [2.24, 2.45) is 0 Å². The van der Waals surface area contributed by atoms with Gasteiger partial charge in [-0.05, 0) is 12.8 Å². The summed E-state index contributed by atoms with van der Waals surface area (Å²) in [6.45, 7) is 2.17. The number of rotatable bonds is 4. The van der Waals surface area contributed by atoms with Crippen LogP contribution in [0.25, 0.3) is 0 Å². The van der Waals surface area contributed by atoms with Crippen molar-refractivity contribution in [2.75, 3.05) is 0 Å². The molecule has 68 valence electrons. The Morgan fingerprint density at radius 2 is 2.42 bits per heavy atom. The number of carbonyl (C=O) groups excluding carboxylic acids is 1. The summed E-state index contributed by atoms with van der Waals surface area (Å²) in [7, 11) is 0. The molecule has 0 saturated heterocycles. The molecule has 2 nitrogen and oxygen atoms in total. The summed E-state index contributed by atoms with van der Waals surface area (Å²) >= 11 is 0. The van der Waals surface area contributed by atoms with Gasteiger partial charge in [0.1, 0.15) is 6.10 Å². The number of ether oxygens (including phenoxy) is 1. The zero-order valence-corrected chi connectivity index (χ0v) is 7.58. The van der Waals surface area contributed by atoms with Gasteiger partial charge in [-0.15, -0.1) is 0 Å². The summed E-state index contributed by atoms with van der Waals surface area (Å²) in [4.78, 5) is 10.9.